The van der Waals surface area contributed by atoms with Crippen molar-refractivity contribution in [1.82, 2.24) is 9.55 Å². The number of carbonyl (C=O) groups excluding carboxylic acids is 1. The van der Waals surface area contributed by atoms with E-state index in [1.807, 2.05) is 50.2 Å². The second kappa shape index (κ2) is 8.16. The zero-order valence-corrected chi connectivity index (χ0v) is 16.3. The lowest BCUT2D eigenvalue weighted by Gasteiger charge is -2.08. The van der Waals surface area contributed by atoms with Crippen LogP contribution in [0.25, 0.3) is 16.3 Å². The minimum absolute atomic E-state index is 0.0428. The van der Waals surface area contributed by atoms with Gasteiger partial charge in [0.15, 0.2) is 5.13 Å². The molecule has 3 rings (SSSR count). The third-order valence-corrected chi connectivity index (χ3v) is 5.26. The normalized spacial score (nSPS) is 11.6. The molecule has 27 heavy (non-hydrogen) atoms. The highest BCUT2D eigenvalue weighted by Crippen LogP contribution is 2.26. The Morgan fingerprint density at radius 2 is 2.19 bits per heavy atom. The quantitative estimate of drug-likeness (QED) is 0.519. The number of hydrogen-bond donors (Lipinski definition) is 1. The van der Waals surface area contributed by atoms with E-state index in [-0.39, 0.29) is 5.57 Å². The summed E-state index contributed by atoms with van der Waals surface area (Å²) in [4.78, 5) is 16.9. The third-order valence-electron chi connectivity index (χ3n) is 4.31. The fourth-order valence-corrected chi connectivity index (χ4v) is 3.76. The maximum Gasteiger partial charge on any atom is 0.268 e. The van der Waals surface area contributed by atoms with Gasteiger partial charge in [0.2, 0.25) is 0 Å². The van der Waals surface area contributed by atoms with E-state index in [1.165, 1.54) is 11.3 Å². The lowest BCUT2D eigenvalue weighted by Crippen LogP contribution is -2.13. The van der Waals surface area contributed by atoms with Crippen molar-refractivity contribution in [3.63, 3.8) is 0 Å². The molecule has 7 heteroatoms. The number of aromatic nitrogens is 2. The molecule has 0 bridgehead atoms. The van der Waals surface area contributed by atoms with Gasteiger partial charge >= 0.3 is 0 Å². The number of anilines is 1. The summed E-state index contributed by atoms with van der Waals surface area (Å²) in [5.41, 5.74) is 3.76. The molecule has 1 amide bonds. The average molecular weight is 380 g/mol. The molecule has 3 aromatic rings. The van der Waals surface area contributed by atoms with E-state index < -0.39 is 5.91 Å². The fourth-order valence-electron chi connectivity index (χ4n) is 2.89. The van der Waals surface area contributed by atoms with Crippen LogP contribution >= 0.6 is 11.3 Å². The molecule has 138 valence electrons. The van der Waals surface area contributed by atoms with Crippen LogP contribution in [0.3, 0.4) is 0 Å². The number of ether oxygens (including phenoxy) is 1. The number of nitrogens with zero attached hydrogens (tertiary/aromatic N) is 3. The number of nitriles is 1. The molecule has 6 nitrogen and oxygen atoms in total. The van der Waals surface area contributed by atoms with E-state index >= 15 is 0 Å². The summed E-state index contributed by atoms with van der Waals surface area (Å²) < 4.78 is 8.23. The first-order chi connectivity index (χ1) is 13.0. The van der Waals surface area contributed by atoms with Gasteiger partial charge in [-0.25, -0.2) is 4.98 Å². The maximum atomic E-state index is 12.5. The van der Waals surface area contributed by atoms with Crippen LogP contribution in [0.4, 0.5) is 5.13 Å². The summed E-state index contributed by atoms with van der Waals surface area (Å²) in [5, 5.41) is 12.7. The van der Waals surface area contributed by atoms with Crippen LogP contribution in [-0.4, -0.2) is 29.2 Å². The van der Waals surface area contributed by atoms with Crippen molar-refractivity contribution in [3.8, 4) is 6.07 Å². The van der Waals surface area contributed by atoms with Gasteiger partial charge < -0.3 is 9.30 Å². The van der Waals surface area contributed by atoms with E-state index in [1.54, 1.807) is 13.2 Å². The number of thiazole rings is 1. The number of carbonyl (C=O) groups is 1. The van der Waals surface area contributed by atoms with Crippen LogP contribution in [0.5, 0.6) is 0 Å². The Morgan fingerprint density at radius 1 is 1.41 bits per heavy atom. The molecule has 0 atom stereocenters. The van der Waals surface area contributed by atoms with Crippen LogP contribution in [-0.2, 0) is 16.1 Å². The molecule has 1 aromatic carbocycles. The number of aryl methyl sites for hydroxylation is 1. The fraction of sp³-hybridized carbons (Fsp3) is 0.250. The van der Waals surface area contributed by atoms with Crippen molar-refractivity contribution in [2.75, 3.05) is 19.0 Å². The van der Waals surface area contributed by atoms with Crippen LogP contribution < -0.4 is 5.32 Å². The molecule has 0 aliphatic heterocycles. The SMILES string of the molecule is COCCn1c(C)cc(/C=C(\C#N)C(=O)Nc2nc3ccccc3s2)c1C. The summed E-state index contributed by atoms with van der Waals surface area (Å²) in [7, 11) is 1.66. The first kappa shape index (κ1) is 18.8. The van der Waals surface area contributed by atoms with Crippen LogP contribution in [0.2, 0.25) is 0 Å². The lowest BCUT2D eigenvalue weighted by atomic mass is 10.1. The lowest BCUT2D eigenvalue weighted by molar-refractivity contribution is -0.112. The largest absolute Gasteiger partial charge is 0.383 e. The topological polar surface area (TPSA) is 79.9 Å². The van der Waals surface area contributed by atoms with E-state index in [2.05, 4.69) is 14.9 Å². The van der Waals surface area contributed by atoms with Crippen LogP contribution in [0.15, 0.2) is 35.9 Å². The van der Waals surface area contributed by atoms with Crippen LogP contribution in [0.1, 0.15) is 17.0 Å². The Kier molecular flexibility index (Phi) is 5.69. The van der Waals surface area contributed by atoms with Gasteiger partial charge in [-0.3, -0.25) is 10.1 Å². The Morgan fingerprint density at radius 3 is 2.89 bits per heavy atom. The van der Waals surface area contributed by atoms with Crippen LogP contribution in [0, 0.1) is 25.2 Å². The summed E-state index contributed by atoms with van der Waals surface area (Å²) in [6.07, 6.45) is 1.62. The predicted molar refractivity (Wildman–Crippen MR) is 108 cm³/mol. The van der Waals surface area contributed by atoms with Crippen molar-refractivity contribution >= 4 is 38.7 Å². The van der Waals surface area contributed by atoms with Crippen molar-refractivity contribution < 1.29 is 9.53 Å². The van der Waals surface area contributed by atoms with E-state index in [4.69, 9.17) is 4.74 Å². The number of methoxy groups -OCH3 is 1. The minimum Gasteiger partial charge on any atom is -0.383 e. The van der Waals surface area contributed by atoms with Gasteiger partial charge in [-0.2, -0.15) is 5.26 Å². The molecule has 0 spiro atoms. The van der Waals surface area contributed by atoms with Crippen molar-refractivity contribution in [1.29, 1.82) is 5.26 Å². The summed E-state index contributed by atoms with van der Waals surface area (Å²) in [6.45, 7) is 5.28. The highest BCUT2D eigenvalue weighted by Gasteiger charge is 2.15. The van der Waals surface area contributed by atoms with Crippen molar-refractivity contribution in [2.45, 2.75) is 20.4 Å². The minimum atomic E-state index is -0.460. The van der Waals surface area contributed by atoms with Gasteiger partial charge in [-0.1, -0.05) is 23.5 Å². The van der Waals surface area contributed by atoms with Gasteiger partial charge in [0.25, 0.3) is 5.91 Å². The smallest absolute Gasteiger partial charge is 0.268 e. The second-order valence-electron chi connectivity index (χ2n) is 6.08. The monoisotopic (exact) mass is 380 g/mol. The number of nitrogens with one attached hydrogen (secondary N) is 1. The number of fused-ring (bicyclic) bond motifs is 1. The molecule has 0 saturated carbocycles. The summed E-state index contributed by atoms with van der Waals surface area (Å²) in [5.74, 6) is -0.460. The maximum absolute atomic E-state index is 12.5. The average Bonchev–Trinajstić information content (AvgIpc) is 3.18. The van der Waals surface area contributed by atoms with E-state index in [0.29, 0.717) is 11.7 Å². The third kappa shape index (κ3) is 4.08. The van der Waals surface area contributed by atoms with Crippen molar-refractivity contribution in [3.05, 3.63) is 52.9 Å². The second-order valence-corrected chi connectivity index (χ2v) is 7.11. The van der Waals surface area contributed by atoms with Gasteiger partial charge in [-0.05, 0) is 43.7 Å². The van der Waals surface area contributed by atoms with Gasteiger partial charge in [0, 0.05) is 25.0 Å². The predicted octanol–water partition coefficient (Wildman–Crippen LogP) is 3.91. The van der Waals surface area contributed by atoms with Gasteiger partial charge in [0.1, 0.15) is 11.6 Å². The van der Waals surface area contributed by atoms with E-state index in [9.17, 15) is 10.1 Å². The first-order valence-corrected chi connectivity index (χ1v) is 9.29. The Labute approximate surface area is 161 Å². The zero-order valence-electron chi connectivity index (χ0n) is 15.4. The van der Waals surface area contributed by atoms with Gasteiger partial charge in [0.05, 0.1) is 16.8 Å². The highest BCUT2D eigenvalue weighted by molar-refractivity contribution is 7.22. The molecule has 0 saturated heterocycles. The Bertz CT molecular complexity index is 1020. The summed E-state index contributed by atoms with van der Waals surface area (Å²) >= 11 is 1.38. The molecule has 0 aliphatic carbocycles. The number of benzene rings is 1. The number of rotatable bonds is 6. The standard InChI is InChI=1S/C20H20N4O2S/c1-13-10-15(14(2)24(13)8-9-26-3)11-16(12-21)19(25)23-20-22-17-6-4-5-7-18(17)27-20/h4-7,10-11H,8-9H2,1-3H3,(H,22,23,25)/b16-11+. The molecule has 2 aromatic heterocycles. The molecule has 2 heterocycles. The van der Waals surface area contributed by atoms with Gasteiger partial charge in [-0.15, -0.1) is 0 Å². The number of para-hydroxylation sites is 1. The molecular weight excluding hydrogens is 360 g/mol. The summed E-state index contributed by atoms with van der Waals surface area (Å²) in [6, 6.07) is 11.6. The number of amides is 1. The first-order valence-electron chi connectivity index (χ1n) is 8.48. The Hall–Kier alpha value is -2.95. The highest BCUT2D eigenvalue weighted by atomic mass is 32.1. The zero-order chi connectivity index (χ0) is 19.4. The van der Waals surface area contributed by atoms with E-state index in [0.717, 1.165) is 33.7 Å². The molecule has 0 fully saturated rings. The Balaban J connectivity index is 1.83. The molecular formula is C20H20N4O2S. The molecule has 0 aliphatic rings. The van der Waals surface area contributed by atoms with Crippen molar-refractivity contribution in [2.24, 2.45) is 0 Å². The molecule has 1 N–H and O–H groups in total. The number of hydrogen-bond acceptors (Lipinski definition) is 5. The molecule has 0 unspecified atom stereocenters. The molecule has 0 radical (unpaired) electrons.